The van der Waals surface area contributed by atoms with Crippen LogP contribution in [0.1, 0.15) is 0 Å². The van der Waals surface area contributed by atoms with E-state index in [1.54, 1.807) is 0 Å². The molecular formula is C3H8O2S2. The lowest BCUT2D eigenvalue weighted by Gasteiger charge is -1.90. The quantitative estimate of drug-likeness (QED) is 0.568. The molecule has 0 aromatic carbocycles. The summed E-state index contributed by atoms with van der Waals surface area (Å²) in [4.78, 5) is 0. The van der Waals surface area contributed by atoms with Gasteiger partial charge in [-0.15, -0.1) is 0 Å². The first-order valence-electron chi connectivity index (χ1n) is 1.85. The molecule has 0 aliphatic carbocycles. The lowest BCUT2D eigenvalue weighted by atomic mass is 10.9. The SMILES string of the molecule is CS(=O)OCCS. The van der Waals surface area contributed by atoms with Gasteiger partial charge in [-0.2, -0.15) is 12.6 Å². The molecule has 1 atom stereocenters. The third-order valence-corrected chi connectivity index (χ3v) is 1.02. The summed E-state index contributed by atoms with van der Waals surface area (Å²) in [7, 11) is 0. The van der Waals surface area contributed by atoms with Crippen LogP contribution in [0.2, 0.25) is 0 Å². The molecule has 0 bridgehead atoms. The number of hydrogen-bond acceptors (Lipinski definition) is 3. The third kappa shape index (κ3) is 6.46. The normalized spacial score (nSPS) is 14.0. The molecular weight excluding hydrogens is 132 g/mol. The van der Waals surface area contributed by atoms with Crippen molar-refractivity contribution in [1.29, 1.82) is 0 Å². The van der Waals surface area contributed by atoms with Crippen LogP contribution in [0, 0.1) is 0 Å². The van der Waals surface area contributed by atoms with Crippen molar-refractivity contribution >= 4 is 23.7 Å². The molecule has 0 N–H and O–H groups in total. The molecule has 0 spiro atoms. The van der Waals surface area contributed by atoms with E-state index in [9.17, 15) is 4.21 Å². The van der Waals surface area contributed by atoms with Crippen molar-refractivity contribution in [2.75, 3.05) is 18.6 Å². The fourth-order valence-electron chi connectivity index (χ4n) is 0.155. The first kappa shape index (κ1) is 7.46. The summed E-state index contributed by atoms with van der Waals surface area (Å²) in [6.45, 7) is 0.465. The first-order valence-corrected chi connectivity index (χ1v) is 3.96. The van der Waals surface area contributed by atoms with Crippen molar-refractivity contribution in [1.82, 2.24) is 0 Å². The molecule has 0 saturated carbocycles. The van der Waals surface area contributed by atoms with Gasteiger partial charge >= 0.3 is 0 Å². The first-order chi connectivity index (χ1) is 3.27. The van der Waals surface area contributed by atoms with Gasteiger partial charge in [0.25, 0.3) is 0 Å². The lowest BCUT2D eigenvalue weighted by Crippen LogP contribution is -1.96. The molecule has 2 nitrogen and oxygen atoms in total. The van der Waals surface area contributed by atoms with Gasteiger partial charge in [0.15, 0.2) is 11.1 Å². The molecule has 0 radical (unpaired) electrons. The van der Waals surface area contributed by atoms with Crippen molar-refractivity contribution in [2.24, 2.45) is 0 Å². The van der Waals surface area contributed by atoms with Gasteiger partial charge in [-0.25, -0.2) is 4.21 Å². The molecule has 0 fully saturated rings. The highest BCUT2D eigenvalue weighted by Gasteiger charge is 1.84. The van der Waals surface area contributed by atoms with Crippen LogP contribution < -0.4 is 0 Å². The lowest BCUT2D eigenvalue weighted by molar-refractivity contribution is 0.379. The maximum atomic E-state index is 10.1. The van der Waals surface area contributed by atoms with Crippen LogP contribution in [0.25, 0.3) is 0 Å². The summed E-state index contributed by atoms with van der Waals surface area (Å²) in [5.41, 5.74) is 0. The molecule has 0 amide bonds. The molecule has 0 rings (SSSR count). The van der Waals surface area contributed by atoms with E-state index in [1.165, 1.54) is 6.26 Å². The van der Waals surface area contributed by atoms with E-state index in [0.29, 0.717) is 12.4 Å². The molecule has 0 aliphatic heterocycles. The Hall–Kier alpha value is 0.460. The van der Waals surface area contributed by atoms with E-state index < -0.39 is 11.1 Å². The minimum atomic E-state index is -1.11. The van der Waals surface area contributed by atoms with Crippen LogP contribution >= 0.6 is 12.6 Å². The average molecular weight is 140 g/mol. The van der Waals surface area contributed by atoms with E-state index in [1.807, 2.05) is 0 Å². The summed E-state index contributed by atoms with van der Waals surface area (Å²) in [5.74, 6) is 0.625. The van der Waals surface area contributed by atoms with Gasteiger partial charge in [0.2, 0.25) is 0 Å². The molecule has 0 aliphatic rings. The molecule has 0 heterocycles. The van der Waals surface area contributed by atoms with Crippen LogP contribution in [0.5, 0.6) is 0 Å². The predicted octanol–water partition coefficient (Wildman–Crippen LogP) is 0.226. The minimum absolute atomic E-state index is 0.465. The van der Waals surface area contributed by atoms with Crippen LogP contribution in [0.15, 0.2) is 0 Å². The molecule has 0 saturated heterocycles. The van der Waals surface area contributed by atoms with E-state index in [4.69, 9.17) is 0 Å². The van der Waals surface area contributed by atoms with Crippen LogP contribution in [0.4, 0.5) is 0 Å². The Labute approximate surface area is 51.3 Å². The van der Waals surface area contributed by atoms with Crippen molar-refractivity contribution < 1.29 is 8.39 Å². The predicted molar refractivity (Wildman–Crippen MR) is 33.9 cm³/mol. The summed E-state index contributed by atoms with van der Waals surface area (Å²) in [6, 6.07) is 0. The summed E-state index contributed by atoms with van der Waals surface area (Å²) < 4.78 is 14.6. The standard InChI is InChI=1S/C3H8O2S2/c1-7(4)5-2-3-6/h6H,2-3H2,1H3. The highest BCUT2D eigenvalue weighted by Crippen LogP contribution is 1.79. The Morgan fingerprint density at radius 1 is 1.86 bits per heavy atom. The number of thiol groups is 1. The van der Waals surface area contributed by atoms with E-state index >= 15 is 0 Å². The van der Waals surface area contributed by atoms with E-state index in [0.717, 1.165) is 0 Å². The highest BCUT2D eigenvalue weighted by atomic mass is 32.2. The Morgan fingerprint density at radius 3 is 2.57 bits per heavy atom. The van der Waals surface area contributed by atoms with Crippen LogP contribution in [-0.4, -0.2) is 22.8 Å². The van der Waals surface area contributed by atoms with Gasteiger partial charge < -0.3 is 0 Å². The molecule has 7 heavy (non-hydrogen) atoms. The Morgan fingerprint density at radius 2 is 2.43 bits per heavy atom. The zero-order valence-electron chi connectivity index (χ0n) is 4.09. The highest BCUT2D eigenvalue weighted by molar-refractivity contribution is 7.80. The second kappa shape index (κ2) is 4.61. The van der Waals surface area contributed by atoms with Crippen molar-refractivity contribution in [3.63, 3.8) is 0 Å². The fraction of sp³-hybridized carbons (Fsp3) is 1.00. The van der Waals surface area contributed by atoms with E-state index in [2.05, 4.69) is 16.8 Å². The van der Waals surface area contributed by atoms with Gasteiger partial charge in [0, 0.05) is 12.0 Å². The maximum absolute atomic E-state index is 10.1. The molecule has 1 unspecified atom stereocenters. The molecule has 4 heteroatoms. The second-order valence-electron chi connectivity index (χ2n) is 0.947. The second-order valence-corrected chi connectivity index (χ2v) is 2.43. The van der Waals surface area contributed by atoms with Crippen molar-refractivity contribution in [2.45, 2.75) is 0 Å². The number of hydrogen-bond donors (Lipinski definition) is 1. The topological polar surface area (TPSA) is 26.3 Å². The van der Waals surface area contributed by atoms with E-state index in [-0.39, 0.29) is 0 Å². The van der Waals surface area contributed by atoms with Gasteiger partial charge in [-0.1, -0.05) is 0 Å². The van der Waals surface area contributed by atoms with Gasteiger partial charge in [0.1, 0.15) is 0 Å². The van der Waals surface area contributed by atoms with Crippen LogP contribution in [-0.2, 0) is 15.3 Å². The Kier molecular flexibility index (Phi) is 4.92. The van der Waals surface area contributed by atoms with Crippen LogP contribution in [0.3, 0.4) is 0 Å². The third-order valence-electron chi connectivity index (χ3n) is 0.341. The van der Waals surface area contributed by atoms with Gasteiger partial charge in [0.05, 0.1) is 6.61 Å². The monoisotopic (exact) mass is 140 g/mol. The Balaban J connectivity index is 2.82. The smallest absolute Gasteiger partial charge is 0.152 e. The summed E-state index contributed by atoms with van der Waals surface area (Å²) in [6.07, 6.45) is 1.49. The van der Waals surface area contributed by atoms with Crippen molar-refractivity contribution in [3.05, 3.63) is 0 Å². The van der Waals surface area contributed by atoms with Gasteiger partial charge in [-0.05, 0) is 0 Å². The van der Waals surface area contributed by atoms with Gasteiger partial charge in [-0.3, -0.25) is 4.18 Å². The molecule has 0 aromatic rings. The fourth-order valence-corrected chi connectivity index (χ4v) is 0.687. The zero-order chi connectivity index (χ0) is 5.70. The maximum Gasteiger partial charge on any atom is 0.152 e. The molecule has 44 valence electrons. The largest absolute Gasteiger partial charge is 0.290 e. The minimum Gasteiger partial charge on any atom is -0.290 e. The number of rotatable bonds is 3. The molecule has 0 aromatic heterocycles. The summed E-state index contributed by atoms with van der Waals surface area (Å²) >= 11 is 2.72. The average Bonchev–Trinajstić information content (AvgIpc) is 1.61. The Bertz CT molecular complexity index is 64.0. The zero-order valence-corrected chi connectivity index (χ0v) is 5.80. The van der Waals surface area contributed by atoms with Crippen molar-refractivity contribution in [3.8, 4) is 0 Å². The summed E-state index contributed by atoms with van der Waals surface area (Å²) in [5, 5.41) is 0.